The number of nitrogens with zero attached hydrogens (tertiary/aromatic N) is 1. The lowest BCUT2D eigenvalue weighted by Crippen LogP contribution is -2.29. The first-order valence-electron chi connectivity index (χ1n) is 5.65. The number of carbonyl (C=O) groups is 1. The maximum absolute atomic E-state index is 10.8. The molecule has 0 atom stereocenters. The second-order valence-corrected chi connectivity index (χ2v) is 4.27. The predicted molar refractivity (Wildman–Crippen MR) is 61.2 cm³/mol. The molecule has 0 bridgehead atoms. The first kappa shape index (κ1) is 10.9. The van der Waals surface area contributed by atoms with Gasteiger partial charge in [-0.05, 0) is 37.8 Å². The summed E-state index contributed by atoms with van der Waals surface area (Å²) in [4.78, 5) is 14.7. The summed E-state index contributed by atoms with van der Waals surface area (Å²) in [5.74, 6) is -0.794. The second-order valence-electron chi connectivity index (χ2n) is 4.27. The Morgan fingerprint density at radius 2 is 1.88 bits per heavy atom. The molecule has 2 rings (SSSR count). The molecule has 4 heteroatoms. The summed E-state index contributed by atoms with van der Waals surface area (Å²) in [5, 5.41) is 12.3. The van der Waals surface area contributed by atoms with Crippen LogP contribution in [0.3, 0.4) is 0 Å². The fraction of sp³-hybridized carbons (Fsp3) is 0.500. The molecule has 1 aromatic rings. The standard InChI is InChI=1S/C12H16N2O2/c15-12(16)9-1-3-10(4-2-9)14-11-5-7-13-8-6-11/h5-10H,1-4H2,(H,13,14)(H,15,16). The summed E-state index contributed by atoms with van der Waals surface area (Å²) in [7, 11) is 0. The Kier molecular flexibility index (Phi) is 3.39. The zero-order valence-electron chi connectivity index (χ0n) is 9.10. The van der Waals surface area contributed by atoms with Crippen LogP contribution in [0, 0.1) is 5.92 Å². The van der Waals surface area contributed by atoms with Crippen molar-refractivity contribution in [1.29, 1.82) is 0 Å². The molecule has 1 aromatic heterocycles. The van der Waals surface area contributed by atoms with Gasteiger partial charge in [0.2, 0.25) is 0 Å². The van der Waals surface area contributed by atoms with E-state index in [1.165, 1.54) is 0 Å². The molecule has 0 radical (unpaired) electrons. The molecule has 1 saturated carbocycles. The SMILES string of the molecule is O=C(O)C1CCC(Nc2ccncc2)CC1. The van der Waals surface area contributed by atoms with Crippen LogP contribution in [0.4, 0.5) is 5.69 Å². The third-order valence-corrected chi connectivity index (χ3v) is 3.13. The average Bonchev–Trinajstić information content (AvgIpc) is 2.31. The van der Waals surface area contributed by atoms with Crippen molar-refractivity contribution in [1.82, 2.24) is 4.98 Å². The van der Waals surface area contributed by atoms with Gasteiger partial charge in [0.25, 0.3) is 0 Å². The first-order chi connectivity index (χ1) is 7.75. The minimum atomic E-state index is -0.651. The fourth-order valence-electron chi connectivity index (χ4n) is 2.17. The molecule has 1 fully saturated rings. The Balaban J connectivity index is 1.84. The van der Waals surface area contributed by atoms with Gasteiger partial charge in [0.15, 0.2) is 0 Å². The molecule has 0 amide bonds. The highest BCUT2D eigenvalue weighted by molar-refractivity contribution is 5.70. The molecule has 2 N–H and O–H groups in total. The zero-order chi connectivity index (χ0) is 11.4. The first-order valence-corrected chi connectivity index (χ1v) is 5.65. The average molecular weight is 220 g/mol. The molecule has 1 aliphatic rings. The van der Waals surface area contributed by atoms with Crippen LogP contribution in [0.2, 0.25) is 0 Å². The normalized spacial score (nSPS) is 25.0. The lowest BCUT2D eigenvalue weighted by molar-refractivity contribution is -0.142. The quantitative estimate of drug-likeness (QED) is 0.819. The lowest BCUT2D eigenvalue weighted by atomic mass is 9.86. The number of carboxylic acid groups (broad SMARTS) is 1. The van der Waals surface area contributed by atoms with Crippen LogP contribution in [0.1, 0.15) is 25.7 Å². The van der Waals surface area contributed by atoms with E-state index in [-0.39, 0.29) is 5.92 Å². The molecule has 1 heterocycles. The van der Waals surface area contributed by atoms with Gasteiger partial charge in [-0.25, -0.2) is 0 Å². The Hall–Kier alpha value is -1.58. The predicted octanol–water partition coefficient (Wildman–Crippen LogP) is 2.14. The maximum atomic E-state index is 10.8. The summed E-state index contributed by atoms with van der Waals surface area (Å²) < 4.78 is 0. The van der Waals surface area contributed by atoms with E-state index < -0.39 is 5.97 Å². The summed E-state index contributed by atoms with van der Waals surface area (Å²) in [6, 6.07) is 4.27. The Morgan fingerprint density at radius 3 is 2.44 bits per heavy atom. The molecule has 16 heavy (non-hydrogen) atoms. The second kappa shape index (κ2) is 4.96. The molecule has 0 saturated heterocycles. The van der Waals surface area contributed by atoms with Crippen molar-refractivity contribution < 1.29 is 9.90 Å². The van der Waals surface area contributed by atoms with Crippen LogP contribution < -0.4 is 5.32 Å². The molecule has 4 nitrogen and oxygen atoms in total. The third-order valence-electron chi connectivity index (χ3n) is 3.13. The van der Waals surface area contributed by atoms with Crippen molar-refractivity contribution in [3.05, 3.63) is 24.5 Å². The molecular formula is C12H16N2O2. The Morgan fingerprint density at radius 1 is 1.25 bits per heavy atom. The van der Waals surface area contributed by atoms with Gasteiger partial charge in [-0.1, -0.05) is 0 Å². The van der Waals surface area contributed by atoms with E-state index in [1.807, 2.05) is 12.1 Å². The minimum Gasteiger partial charge on any atom is -0.481 e. The van der Waals surface area contributed by atoms with Crippen LogP contribution in [-0.2, 0) is 4.79 Å². The van der Waals surface area contributed by atoms with Crippen LogP contribution in [0.15, 0.2) is 24.5 Å². The number of carboxylic acids is 1. The molecular weight excluding hydrogens is 204 g/mol. The highest BCUT2D eigenvalue weighted by Gasteiger charge is 2.25. The van der Waals surface area contributed by atoms with Crippen LogP contribution in [0.5, 0.6) is 0 Å². The number of nitrogens with one attached hydrogen (secondary N) is 1. The van der Waals surface area contributed by atoms with E-state index in [2.05, 4.69) is 10.3 Å². The molecule has 0 aromatic carbocycles. The van der Waals surface area contributed by atoms with Gasteiger partial charge in [-0.2, -0.15) is 0 Å². The van der Waals surface area contributed by atoms with Crippen LogP contribution in [-0.4, -0.2) is 22.1 Å². The lowest BCUT2D eigenvalue weighted by Gasteiger charge is -2.27. The number of hydrogen-bond donors (Lipinski definition) is 2. The van der Waals surface area contributed by atoms with E-state index >= 15 is 0 Å². The van der Waals surface area contributed by atoms with Crippen molar-refractivity contribution in [3.63, 3.8) is 0 Å². The van der Waals surface area contributed by atoms with Gasteiger partial charge in [0.05, 0.1) is 5.92 Å². The number of aromatic nitrogens is 1. The van der Waals surface area contributed by atoms with Gasteiger partial charge in [-0.3, -0.25) is 9.78 Å². The van der Waals surface area contributed by atoms with Crippen molar-refractivity contribution in [2.45, 2.75) is 31.7 Å². The number of aliphatic carboxylic acids is 1. The van der Waals surface area contributed by atoms with Crippen LogP contribution >= 0.6 is 0 Å². The number of anilines is 1. The molecule has 0 unspecified atom stereocenters. The van der Waals surface area contributed by atoms with Gasteiger partial charge >= 0.3 is 5.97 Å². The molecule has 86 valence electrons. The third kappa shape index (κ3) is 2.72. The Labute approximate surface area is 94.7 Å². The highest BCUT2D eigenvalue weighted by Crippen LogP contribution is 2.26. The number of pyridine rings is 1. The van der Waals surface area contributed by atoms with Crippen molar-refractivity contribution >= 4 is 11.7 Å². The minimum absolute atomic E-state index is 0.143. The van der Waals surface area contributed by atoms with Crippen molar-refractivity contribution in [2.75, 3.05) is 5.32 Å². The van der Waals surface area contributed by atoms with E-state index in [1.54, 1.807) is 12.4 Å². The van der Waals surface area contributed by atoms with Gasteiger partial charge in [0, 0.05) is 24.1 Å². The van der Waals surface area contributed by atoms with E-state index in [4.69, 9.17) is 5.11 Å². The zero-order valence-corrected chi connectivity index (χ0v) is 9.10. The summed E-state index contributed by atoms with van der Waals surface area (Å²) >= 11 is 0. The number of rotatable bonds is 3. The van der Waals surface area contributed by atoms with E-state index in [0.29, 0.717) is 6.04 Å². The fourth-order valence-corrected chi connectivity index (χ4v) is 2.17. The van der Waals surface area contributed by atoms with Gasteiger partial charge in [0.1, 0.15) is 0 Å². The monoisotopic (exact) mass is 220 g/mol. The Bertz CT molecular complexity index is 345. The summed E-state index contributed by atoms with van der Waals surface area (Å²) in [6.45, 7) is 0. The number of hydrogen-bond acceptors (Lipinski definition) is 3. The van der Waals surface area contributed by atoms with Gasteiger partial charge in [-0.15, -0.1) is 0 Å². The highest BCUT2D eigenvalue weighted by atomic mass is 16.4. The van der Waals surface area contributed by atoms with E-state index in [9.17, 15) is 4.79 Å². The van der Waals surface area contributed by atoms with Gasteiger partial charge < -0.3 is 10.4 Å². The summed E-state index contributed by atoms with van der Waals surface area (Å²) in [6.07, 6.45) is 6.92. The molecule has 0 spiro atoms. The topological polar surface area (TPSA) is 62.2 Å². The van der Waals surface area contributed by atoms with Crippen LogP contribution in [0.25, 0.3) is 0 Å². The smallest absolute Gasteiger partial charge is 0.306 e. The molecule has 0 aliphatic heterocycles. The molecule has 1 aliphatic carbocycles. The van der Waals surface area contributed by atoms with Crippen molar-refractivity contribution in [3.8, 4) is 0 Å². The van der Waals surface area contributed by atoms with Crippen molar-refractivity contribution in [2.24, 2.45) is 5.92 Å². The van der Waals surface area contributed by atoms with E-state index in [0.717, 1.165) is 31.4 Å². The largest absolute Gasteiger partial charge is 0.481 e. The summed E-state index contributed by atoms with van der Waals surface area (Å²) in [5.41, 5.74) is 1.06. The maximum Gasteiger partial charge on any atom is 0.306 e.